The second kappa shape index (κ2) is 10.8. The number of benzene rings is 1. The van der Waals surface area contributed by atoms with E-state index in [1.165, 1.54) is 11.8 Å². The zero-order chi connectivity index (χ0) is 22.4. The van der Waals surface area contributed by atoms with Gasteiger partial charge in [-0.3, -0.25) is 9.59 Å². The number of nitrogens with zero attached hydrogens (tertiary/aromatic N) is 4. The predicted molar refractivity (Wildman–Crippen MR) is 123 cm³/mol. The summed E-state index contributed by atoms with van der Waals surface area (Å²) in [4.78, 5) is 37.4. The fourth-order valence-electron chi connectivity index (χ4n) is 3.58. The lowest BCUT2D eigenvalue weighted by molar-refractivity contribution is -0.152. The average Bonchev–Trinajstić information content (AvgIpc) is 2.76. The third-order valence-electron chi connectivity index (χ3n) is 5.32. The summed E-state index contributed by atoms with van der Waals surface area (Å²) in [5, 5.41) is 1.42. The Hall–Kier alpha value is -2.32. The third kappa shape index (κ3) is 6.33. The number of esters is 1. The highest BCUT2D eigenvalue weighted by molar-refractivity contribution is 7.98. The molecular weight excluding hydrogens is 436 g/mol. The molecular formula is C22H27ClN4O3S. The number of hydrogen-bond acceptors (Lipinski definition) is 7. The fourth-order valence-corrected chi connectivity index (χ4v) is 4.22. The maximum atomic E-state index is 12.4. The monoisotopic (exact) mass is 462 g/mol. The van der Waals surface area contributed by atoms with E-state index < -0.39 is 5.97 Å². The van der Waals surface area contributed by atoms with Crippen LogP contribution in [0.15, 0.2) is 29.4 Å². The molecule has 0 bridgehead atoms. The van der Waals surface area contributed by atoms with Crippen molar-refractivity contribution < 1.29 is 14.3 Å². The summed E-state index contributed by atoms with van der Waals surface area (Å²) in [5.74, 6) is -0.558. The topological polar surface area (TPSA) is 75.6 Å². The van der Waals surface area contributed by atoms with Crippen LogP contribution in [-0.2, 0) is 20.7 Å². The molecule has 0 saturated carbocycles. The van der Waals surface area contributed by atoms with Gasteiger partial charge in [0, 0.05) is 54.7 Å². The zero-order valence-corrected chi connectivity index (χ0v) is 19.6. The van der Waals surface area contributed by atoms with Crippen LogP contribution in [0, 0.1) is 13.8 Å². The smallest absolute Gasteiger partial charge is 0.306 e. The Bertz CT molecular complexity index is 925. The Morgan fingerprint density at radius 3 is 2.42 bits per heavy atom. The molecule has 31 heavy (non-hydrogen) atoms. The number of rotatable bonds is 7. The van der Waals surface area contributed by atoms with Gasteiger partial charge >= 0.3 is 5.97 Å². The van der Waals surface area contributed by atoms with E-state index in [4.69, 9.17) is 16.3 Å². The van der Waals surface area contributed by atoms with E-state index in [-0.39, 0.29) is 18.9 Å². The highest BCUT2D eigenvalue weighted by Crippen LogP contribution is 2.21. The molecule has 2 heterocycles. The molecule has 0 aliphatic carbocycles. The number of halogens is 1. The van der Waals surface area contributed by atoms with Crippen molar-refractivity contribution in [1.82, 2.24) is 14.9 Å². The molecule has 0 spiro atoms. The van der Waals surface area contributed by atoms with Crippen LogP contribution in [0.3, 0.4) is 0 Å². The van der Waals surface area contributed by atoms with Crippen LogP contribution >= 0.6 is 23.4 Å². The minimum absolute atomic E-state index is 0.167. The van der Waals surface area contributed by atoms with Crippen molar-refractivity contribution in [3.8, 4) is 0 Å². The van der Waals surface area contributed by atoms with Crippen molar-refractivity contribution in [2.24, 2.45) is 0 Å². The second-order valence-corrected chi connectivity index (χ2v) is 8.58. The van der Waals surface area contributed by atoms with Gasteiger partial charge in [-0.1, -0.05) is 29.4 Å². The van der Waals surface area contributed by atoms with E-state index in [0.717, 1.165) is 27.8 Å². The highest BCUT2D eigenvalue weighted by atomic mass is 35.5. The van der Waals surface area contributed by atoms with Crippen LogP contribution in [0.1, 0.15) is 23.4 Å². The van der Waals surface area contributed by atoms with Gasteiger partial charge < -0.3 is 14.5 Å². The quantitative estimate of drug-likeness (QED) is 0.355. The molecule has 1 saturated heterocycles. The van der Waals surface area contributed by atoms with Gasteiger partial charge in [-0.25, -0.2) is 9.97 Å². The van der Waals surface area contributed by atoms with E-state index in [9.17, 15) is 9.59 Å². The molecule has 0 unspecified atom stereocenters. The summed E-state index contributed by atoms with van der Waals surface area (Å²) in [6.07, 6.45) is 2.62. The molecule has 1 aliphatic rings. The van der Waals surface area contributed by atoms with Crippen LogP contribution in [0.4, 0.5) is 5.69 Å². The molecule has 7 nitrogen and oxygen atoms in total. The zero-order valence-electron chi connectivity index (χ0n) is 18.1. The van der Waals surface area contributed by atoms with Crippen LogP contribution in [0.5, 0.6) is 0 Å². The van der Waals surface area contributed by atoms with Gasteiger partial charge in [-0.15, -0.1) is 0 Å². The summed E-state index contributed by atoms with van der Waals surface area (Å²) in [6, 6.07) is 7.69. The number of thioether (sulfide) groups is 1. The van der Waals surface area contributed by atoms with Gasteiger partial charge in [0.25, 0.3) is 5.91 Å². The van der Waals surface area contributed by atoms with E-state index in [0.29, 0.717) is 37.6 Å². The molecule has 1 amide bonds. The lowest BCUT2D eigenvalue weighted by atomic mass is 10.1. The number of amides is 1. The van der Waals surface area contributed by atoms with Gasteiger partial charge in [0.05, 0.1) is 0 Å². The third-order valence-corrected chi connectivity index (χ3v) is 6.11. The Morgan fingerprint density at radius 2 is 1.81 bits per heavy atom. The van der Waals surface area contributed by atoms with Crippen LogP contribution in [0.25, 0.3) is 0 Å². The minimum atomic E-state index is -0.390. The average molecular weight is 463 g/mol. The van der Waals surface area contributed by atoms with Crippen LogP contribution < -0.4 is 4.90 Å². The first-order valence-electron chi connectivity index (χ1n) is 10.2. The Morgan fingerprint density at radius 1 is 1.13 bits per heavy atom. The number of anilines is 1. The summed E-state index contributed by atoms with van der Waals surface area (Å²) >= 11 is 7.55. The minimum Gasteiger partial charge on any atom is -0.456 e. The fraction of sp³-hybridized carbons (Fsp3) is 0.455. The number of ether oxygens (including phenoxy) is 1. The molecule has 0 atom stereocenters. The number of aryl methyl sites for hydroxylation is 2. The van der Waals surface area contributed by atoms with Crippen molar-refractivity contribution in [2.45, 2.75) is 31.8 Å². The summed E-state index contributed by atoms with van der Waals surface area (Å²) in [5.41, 5.74) is 3.75. The number of hydrogen-bond donors (Lipinski definition) is 0. The number of carbonyl (C=O) groups excluding carboxylic acids is 2. The van der Waals surface area contributed by atoms with E-state index in [1.807, 2.05) is 44.4 Å². The van der Waals surface area contributed by atoms with Crippen LogP contribution in [0.2, 0.25) is 5.02 Å². The predicted octanol–water partition coefficient (Wildman–Crippen LogP) is 3.29. The van der Waals surface area contributed by atoms with Crippen LogP contribution in [-0.4, -0.2) is 65.8 Å². The molecule has 3 rings (SSSR count). The molecule has 0 radical (unpaired) electrons. The Labute approximate surface area is 192 Å². The van der Waals surface area contributed by atoms with E-state index in [1.54, 1.807) is 4.90 Å². The lowest BCUT2D eigenvalue weighted by Crippen LogP contribution is -2.49. The molecule has 1 fully saturated rings. The molecule has 1 aromatic heterocycles. The Kier molecular flexibility index (Phi) is 8.15. The lowest BCUT2D eigenvalue weighted by Gasteiger charge is -2.36. The molecule has 0 N–H and O–H groups in total. The number of aromatic nitrogens is 2. The van der Waals surface area contributed by atoms with Crippen molar-refractivity contribution >= 4 is 40.9 Å². The van der Waals surface area contributed by atoms with Gasteiger partial charge in [0.15, 0.2) is 11.8 Å². The van der Waals surface area contributed by atoms with Crippen molar-refractivity contribution in [3.63, 3.8) is 0 Å². The first-order chi connectivity index (χ1) is 14.9. The van der Waals surface area contributed by atoms with Gasteiger partial charge in [-0.2, -0.15) is 0 Å². The summed E-state index contributed by atoms with van der Waals surface area (Å²) in [6.45, 7) is 6.20. The summed E-state index contributed by atoms with van der Waals surface area (Å²) in [7, 11) is 0. The van der Waals surface area contributed by atoms with Gasteiger partial charge in [0.2, 0.25) is 0 Å². The maximum Gasteiger partial charge on any atom is 0.306 e. The van der Waals surface area contributed by atoms with Crippen molar-refractivity contribution in [1.29, 1.82) is 0 Å². The Balaban J connectivity index is 1.42. The highest BCUT2D eigenvalue weighted by Gasteiger charge is 2.22. The second-order valence-electron chi connectivity index (χ2n) is 7.37. The molecule has 1 aliphatic heterocycles. The molecule has 1 aromatic carbocycles. The van der Waals surface area contributed by atoms with Crippen molar-refractivity contribution in [3.05, 3.63) is 46.2 Å². The standard InChI is InChI=1S/C22H27ClN4O3S/c1-15-19(16(2)25-22(24-15)31-3)7-8-21(29)30-14-20(28)27-11-9-26(10-12-27)18-6-4-5-17(23)13-18/h4-6,13H,7-12,14H2,1-3H3. The van der Waals surface area contributed by atoms with E-state index >= 15 is 0 Å². The number of carbonyl (C=O) groups is 2. The largest absolute Gasteiger partial charge is 0.456 e. The van der Waals surface area contributed by atoms with Crippen molar-refractivity contribution in [2.75, 3.05) is 43.9 Å². The maximum absolute atomic E-state index is 12.4. The van der Waals surface area contributed by atoms with E-state index in [2.05, 4.69) is 14.9 Å². The van der Waals surface area contributed by atoms with Gasteiger partial charge in [0.1, 0.15) is 0 Å². The first-order valence-corrected chi connectivity index (χ1v) is 11.8. The molecule has 9 heteroatoms. The normalized spacial score (nSPS) is 13.9. The SMILES string of the molecule is CSc1nc(C)c(CCC(=O)OCC(=O)N2CCN(c3cccc(Cl)c3)CC2)c(C)n1. The number of piperazine rings is 1. The van der Waals surface area contributed by atoms with Gasteiger partial charge in [-0.05, 0) is 50.3 Å². The first kappa shape index (κ1) is 23.3. The molecule has 2 aromatic rings. The summed E-state index contributed by atoms with van der Waals surface area (Å²) < 4.78 is 5.22. The molecule has 166 valence electrons.